The van der Waals surface area contributed by atoms with Gasteiger partial charge in [-0.15, -0.1) is 0 Å². The van der Waals surface area contributed by atoms with Crippen LogP contribution in [0.1, 0.15) is 28.2 Å². The lowest BCUT2D eigenvalue weighted by molar-refractivity contribution is 0.0752. The van der Waals surface area contributed by atoms with E-state index in [-0.39, 0.29) is 5.91 Å². The van der Waals surface area contributed by atoms with E-state index in [0.717, 1.165) is 61.4 Å². The number of fused-ring (bicyclic) bond motifs is 1. The highest BCUT2D eigenvalue weighted by molar-refractivity contribution is 5.98. The summed E-state index contributed by atoms with van der Waals surface area (Å²) in [6, 6.07) is 14.4. The number of carbonyl (C=O) groups is 1. The van der Waals surface area contributed by atoms with Crippen LogP contribution in [-0.4, -0.2) is 51.4 Å². The van der Waals surface area contributed by atoms with Gasteiger partial charge in [0.1, 0.15) is 5.69 Å². The minimum absolute atomic E-state index is 0.131. The molecule has 0 radical (unpaired) electrons. The molecule has 0 atom stereocenters. The molecule has 0 N–H and O–H groups in total. The van der Waals surface area contributed by atoms with Crippen molar-refractivity contribution >= 4 is 16.8 Å². The molecule has 5 heteroatoms. The van der Waals surface area contributed by atoms with Crippen molar-refractivity contribution in [3.05, 3.63) is 65.6 Å². The van der Waals surface area contributed by atoms with Gasteiger partial charge in [-0.1, -0.05) is 17.7 Å². The van der Waals surface area contributed by atoms with Gasteiger partial charge < -0.3 is 9.47 Å². The van der Waals surface area contributed by atoms with E-state index in [9.17, 15) is 4.79 Å². The Morgan fingerprint density at radius 1 is 1.07 bits per heavy atom. The Morgan fingerprint density at radius 3 is 2.78 bits per heavy atom. The summed E-state index contributed by atoms with van der Waals surface area (Å²) >= 11 is 0. The van der Waals surface area contributed by atoms with Crippen molar-refractivity contribution in [1.29, 1.82) is 0 Å². The van der Waals surface area contributed by atoms with Crippen LogP contribution in [0.25, 0.3) is 10.9 Å². The van der Waals surface area contributed by atoms with Crippen LogP contribution < -0.4 is 0 Å². The average Bonchev–Trinajstić information content (AvgIpc) is 2.84. The van der Waals surface area contributed by atoms with Gasteiger partial charge in [0.2, 0.25) is 0 Å². The molecule has 1 aromatic carbocycles. The van der Waals surface area contributed by atoms with Crippen molar-refractivity contribution in [2.45, 2.75) is 19.9 Å². The van der Waals surface area contributed by atoms with Crippen LogP contribution in [0.3, 0.4) is 0 Å². The molecule has 3 heterocycles. The van der Waals surface area contributed by atoms with Gasteiger partial charge in [-0.05, 0) is 43.7 Å². The number of hydrogen-bond acceptors (Lipinski definition) is 3. The first-order valence-corrected chi connectivity index (χ1v) is 9.59. The summed E-state index contributed by atoms with van der Waals surface area (Å²) in [5, 5.41) is 1.13. The maximum atomic E-state index is 13.2. The summed E-state index contributed by atoms with van der Waals surface area (Å²) < 4.78 is 2.02. The highest BCUT2D eigenvalue weighted by Crippen LogP contribution is 2.22. The number of aryl methyl sites for hydroxylation is 2. The van der Waals surface area contributed by atoms with Crippen LogP contribution in [0.15, 0.2) is 48.7 Å². The Balaban J connectivity index is 1.47. The van der Waals surface area contributed by atoms with Crippen LogP contribution in [0.4, 0.5) is 0 Å². The molecule has 3 aromatic rings. The molecule has 1 saturated heterocycles. The van der Waals surface area contributed by atoms with E-state index in [1.165, 1.54) is 5.56 Å². The van der Waals surface area contributed by atoms with Crippen LogP contribution in [0.2, 0.25) is 0 Å². The topological polar surface area (TPSA) is 41.4 Å². The van der Waals surface area contributed by atoms with Crippen LogP contribution >= 0.6 is 0 Å². The molecule has 0 spiro atoms. The second-order valence-corrected chi connectivity index (χ2v) is 7.39. The van der Waals surface area contributed by atoms with E-state index in [1.807, 2.05) is 40.9 Å². The van der Waals surface area contributed by atoms with Gasteiger partial charge >= 0.3 is 0 Å². The van der Waals surface area contributed by atoms with E-state index in [0.29, 0.717) is 0 Å². The lowest BCUT2D eigenvalue weighted by atomic mass is 10.2. The second kappa shape index (κ2) is 7.53. The molecule has 2 aromatic heterocycles. The molecule has 140 valence electrons. The zero-order valence-corrected chi connectivity index (χ0v) is 16.1. The van der Waals surface area contributed by atoms with Gasteiger partial charge in [-0.3, -0.25) is 14.7 Å². The number of carbonyl (C=O) groups excluding carboxylic acids is 1. The Kier molecular flexibility index (Phi) is 4.94. The van der Waals surface area contributed by atoms with Crippen LogP contribution in [0.5, 0.6) is 0 Å². The molecule has 0 unspecified atom stereocenters. The standard InChI is InChI=1S/C22H26N4O/c1-17-7-8-20-18(14-17)15-21(24(20)2)22(27)26-11-5-10-25(12-13-26)16-19-6-3-4-9-23-19/h3-4,6-9,14-15H,5,10-13,16H2,1-2H3. The summed E-state index contributed by atoms with van der Waals surface area (Å²) in [6.45, 7) is 6.36. The number of benzene rings is 1. The smallest absolute Gasteiger partial charge is 0.270 e. The Morgan fingerprint density at radius 2 is 1.96 bits per heavy atom. The van der Waals surface area contributed by atoms with Gasteiger partial charge in [0, 0.05) is 56.9 Å². The highest BCUT2D eigenvalue weighted by atomic mass is 16.2. The van der Waals surface area contributed by atoms with Crippen LogP contribution in [-0.2, 0) is 13.6 Å². The predicted molar refractivity (Wildman–Crippen MR) is 108 cm³/mol. The molecule has 1 amide bonds. The molecule has 0 bridgehead atoms. The van der Waals surface area contributed by atoms with E-state index in [2.05, 4.69) is 41.1 Å². The third-order valence-electron chi connectivity index (χ3n) is 5.40. The fourth-order valence-corrected chi connectivity index (χ4v) is 3.89. The third-order valence-corrected chi connectivity index (χ3v) is 5.40. The van der Waals surface area contributed by atoms with Gasteiger partial charge in [-0.2, -0.15) is 0 Å². The zero-order valence-electron chi connectivity index (χ0n) is 16.1. The Labute approximate surface area is 160 Å². The molecule has 5 nitrogen and oxygen atoms in total. The number of nitrogens with zero attached hydrogens (tertiary/aromatic N) is 4. The molecule has 1 aliphatic heterocycles. The molecule has 0 saturated carbocycles. The van der Waals surface area contributed by atoms with Gasteiger partial charge in [0.15, 0.2) is 0 Å². The largest absolute Gasteiger partial charge is 0.340 e. The number of aromatic nitrogens is 2. The number of rotatable bonds is 3. The normalized spacial score (nSPS) is 15.9. The van der Waals surface area contributed by atoms with Crippen molar-refractivity contribution in [3.8, 4) is 0 Å². The molecular weight excluding hydrogens is 336 g/mol. The van der Waals surface area contributed by atoms with E-state index >= 15 is 0 Å². The van der Waals surface area contributed by atoms with E-state index in [1.54, 1.807) is 0 Å². The van der Waals surface area contributed by atoms with Gasteiger partial charge in [-0.25, -0.2) is 0 Å². The fraction of sp³-hybridized carbons (Fsp3) is 0.364. The van der Waals surface area contributed by atoms with E-state index < -0.39 is 0 Å². The van der Waals surface area contributed by atoms with Crippen molar-refractivity contribution in [1.82, 2.24) is 19.4 Å². The summed E-state index contributed by atoms with van der Waals surface area (Å²) in [6.07, 6.45) is 2.83. The molecule has 4 rings (SSSR count). The SMILES string of the molecule is Cc1ccc2c(c1)cc(C(=O)N1CCCN(Cc3ccccn3)CC1)n2C. The second-order valence-electron chi connectivity index (χ2n) is 7.39. The van der Waals surface area contributed by atoms with Gasteiger partial charge in [0.05, 0.1) is 5.69 Å². The fourth-order valence-electron chi connectivity index (χ4n) is 3.89. The number of pyridine rings is 1. The number of amides is 1. The van der Waals surface area contributed by atoms with Crippen molar-refractivity contribution in [2.24, 2.45) is 7.05 Å². The first kappa shape index (κ1) is 17.7. The monoisotopic (exact) mass is 362 g/mol. The molecule has 1 fully saturated rings. The molecule has 1 aliphatic rings. The van der Waals surface area contributed by atoms with E-state index in [4.69, 9.17) is 0 Å². The van der Waals surface area contributed by atoms with Crippen molar-refractivity contribution in [3.63, 3.8) is 0 Å². The summed E-state index contributed by atoms with van der Waals surface area (Å²) in [4.78, 5) is 22.0. The minimum atomic E-state index is 0.131. The predicted octanol–water partition coefficient (Wildman–Crippen LogP) is 3.23. The highest BCUT2D eigenvalue weighted by Gasteiger charge is 2.23. The first-order chi connectivity index (χ1) is 13.1. The minimum Gasteiger partial charge on any atom is -0.340 e. The van der Waals surface area contributed by atoms with Crippen molar-refractivity contribution < 1.29 is 4.79 Å². The zero-order chi connectivity index (χ0) is 18.8. The summed E-state index contributed by atoms with van der Waals surface area (Å²) in [7, 11) is 1.98. The Bertz CT molecular complexity index is 948. The first-order valence-electron chi connectivity index (χ1n) is 9.59. The summed E-state index contributed by atoms with van der Waals surface area (Å²) in [5.41, 5.74) is 4.18. The maximum absolute atomic E-state index is 13.2. The lowest BCUT2D eigenvalue weighted by Gasteiger charge is -2.22. The number of hydrogen-bond donors (Lipinski definition) is 0. The van der Waals surface area contributed by atoms with Crippen LogP contribution in [0, 0.1) is 6.92 Å². The molecule has 0 aliphatic carbocycles. The average molecular weight is 362 g/mol. The molecule has 27 heavy (non-hydrogen) atoms. The maximum Gasteiger partial charge on any atom is 0.270 e. The van der Waals surface area contributed by atoms with Gasteiger partial charge in [0.25, 0.3) is 5.91 Å². The lowest BCUT2D eigenvalue weighted by Crippen LogP contribution is -2.36. The summed E-state index contributed by atoms with van der Waals surface area (Å²) in [5.74, 6) is 0.131. The van der Waals surface area contributed by atoms with Crippen molar-refractivity contribution in [2.75, 3.05) is 26.2 Å². The third kappa shape index (κ3) is 3.74. The quantitative estimate of drug-likeness (QED) is 0.718. The Hall–Kier alpha value is -2.66. The molecular formula is C22H26N4O.